The van der Waals surface area contributed by atoms with Crippen LogP contribution in [0.3, 0.4) is 0 Å². The second-order valence-corrected chi connectivity index (χ2v) is 5.83. The molecule has 0 bridgehead atoms. The van der Waals surface area contributed by atoms with Crippen molar-refractivity contribution < 1.29 is 9.53 Å². The maximum atomic E-state index is 12.1. The lowest BCUT2D eigenvalue weighted by Gasteiger charge is -2.42. The Morgan fingerprint density at radius 3 is 2.83 bits per heavy atom. The van der Waals surface area contributed by atoms with E-state index in [1.165, 1.54) is 32.1 Å². The van der Waals surface area contributed by atoms with Gasteiger partial charge in [-0.2, -0.15) is 0 Å². The molecular weight excluding hydrogens is 228 g/mol. The van der Waals surface area contributed by atoms with Crippen LogP contribution in [0.5, 0.6) is 0 Å². The number of nitrogens with one attached hydrogen (secondary N) is 2. The maximum absolute atomic E-state index is 12.1. The smallest absolute Gasteiger partial charge is 0.239 e. The van der Waals surface area contributed by atoms with Gasteiger partial charge in [0.25, 0.3) is 0 Å². The molecule has 0 aromatic carbocycles. The van der Waals surface area contributed by atoms with E-state index in [0.29, 0.717) is 12.0 Å². The van der Waals surface area contributed by atoms with Crippen molar-refractivity contribution in [2.45, 2.75) is 58.1 Å². The molecule has 1 amide bonds. The van der Waals surface area contributed by atoms with Crippen molar-refractivity contribution in [3.63, 3.8) is 0 Å². The van der Waals surface area contributed by atoms with Gasteiger partial charge < -0.3 is 15.4 Å². The highest BCUT2D eigenvalue weighted by Gasteiger charge is 2.37. The standard InChI is InChI=1S/C14H26N2O2/c1-3-5-14(6-4-7-14)10-16-13(17)12-11(2)18-9-8-15-12/h11-12,15H,3-10H2,1-2H3,(H,16,17)/t11-,12+/m1/s1. The monoisotopic (exact) mass is 254 g/mol. The highest BCUT2D eigenvalue weighted by molar-refractivity contribution is 5.82. The first-order valence-corrected chi connectivity index (χ1v) is 7.29. The van der Waals surface area contributed by atoms with E-state index in [-0.39, 0.29) is 18.1 Å². The fraction of sp³-hybridized carbons (Fsp3) is 0.929. The molecule has 1 aliphatic heterocycles. The van der Waals surface area contributed by atoms with E-state index in [9.17, 15) is 4.79 Å². The Hall–Kier alpha value is -0.610. The van der Waals surface area contributed by atoms with Crippen LogP contribution < -0.4 is 10.6 Å². The molecule has 2 N–H and O–H groups in total. The third-order valence-corrected chi connectivity index (χ3v) is 4.43. The van der Waals surface area contributed by atoms with Crippen molar-refractivity contribution in [3.8, 4) is 0 Å². The van der Waals surface area contributed by atoms with Gasteiger partial charge in [0.2, 0.25) is 5.91 Å². The van der Waals surface area contributed by atoms with E-state index in [0.717, 1.165) is 13.1 Å². The molecular formula is C14H26N2O2. The summed E-state index contributed by atoms with van der Waals surface area (Å²) < 4.78 is 5.51. The minimum atomic E-state index is -0.183. The molecule has 1 heterocycles. The number of morpholine rings is 1. The van der Waals surface area contributed by atoms with Crippen LogP contribution in [0.4, 0.5) is 0 Å². The highest BCUT2D eigenvalue weighted by atomic mass is 16.5. The molecule has 18 heavy (non-hydrogen) atoms. The number of carbonyl (C=O) groups excluding carboxylic acids is 1. The van der Waals surface area contributed by atoms with Crippen LogP contribution in [-0.4, -0.2) is 37.7 Å². The normalized spacial score (nSPS) is 30.6. The third kappa shape index (κ3) is 3.04. The lowest BCUT2D eigenvalue weighted by atomic mass is 9.66. The van der Waals surface area contributed by atoms with Crippen LogP contribution in [0.25, 0.3) is 0 Å². The van der Waals surface area contributed by atoms with Crippen molar-refractivity contribution >= 4 is 5.91 Å². The second kappa shape index (κ2) is 6.02. The van der Waals surface area contributed by atoms with Gasteiger partial charge in [0.1, 0.15) is 6.04 Å². The first-order valence-electron chi connectivity index (χ1n) is 7.29. The zero-order chi connectivity index (χ0) is 13.0. The Labute approximate surface area is 110 Å². The van der Waals surface area contributed by atoms with Gasteiger partial charge in [-0.1, -0.05) is 19.8 Å². The zero-order valence-corrected chi connectivity index (χ0v) is 11.6. The molecule has 1 aliphatic carbocycles. The van der Waals surface area contributed by atoms with Crippen LogP contribution in [0.1, 0.15) is 46.0 Å². The SMILES string of the molecule is CCCC1(CNC(=O)[C@H]2NCCO[C@@H]2C)CCC1. The molecule has 0 radical (unpaired) electrons. The lowest BCUT2D eigenvalue weighted by Crippen LogP contribution is -2.57. The van der Waals surface area contributed by atoms with Gasteiger partial charge in [0.15, 0.2) is 0 Å². The predicted octanol–water partition coefficient (Wildman–Crippen LogP) is 1.45. The fourth-order valence-electron chi connectivity index (χ4n) is 3.13. The number of ether oxygens (including phenoxy) is 1. The molecule has 2 aliphatic rings. The summed E-state index contributed by atoms with van der Waals surface area (Å²) >= 11 is 0. The fourth-order valence-corrected chi connectivity index (χ4v) is 3.13. The number of carbonyl (C=O) groups is 1. The Morgan fingerprint density at radius 2 is 2.28 bits per heavy atom. The van der Waals surface area contributed by atoms with Crippen LogP contribution in [0.2, 0.25) is 0 Å². The first kappa shape index (κ1) is 13.8. The van der Waals surface area contributed by atoms with Crippen molar-refractivity contribution in [1.29, 1.82) is 0 Å². The van der Waals surface area contributed by atoms with E-state index in [1.807, 2.05) is 6.92 Å². The molecule has 0 unspecified atom stereocenters. The van der Waals surface area contributed by atoms with E-state index in [2.05, 4.69) is 17.6 Å². The topological polar surface area (TPSA) is 50.4 Å². The van der Waals surface area contributed by atoms with Gasteiger partial charge in [-0.25, -0.2) is 0 Å². The van der Waals surface area contributed by atoms with E-state index in [1.54, 1.807) is 0 Å². The number of hydrogen-bond acceptors (Lipinski definition) is 3. The van der Waals surface area contributed by atoms with Gasteiger partial charge in [0, 0.05) is 13.1 Å². The summed E-state index contributed by atoms with van der Waals surface area (Å²) in [6.07, 6.45) is 6.27. The van der Waals surface area contributed by atoms with Gasteiger partial charge in [-0.15, -0.1) is 0 Å². The van der Waals surface area contributed by atoms with Crippen molar-refractivity contribution in [2.75, 3.05) is 19.7 Å². The summed E-state index contributed by atoms with van der Waals surface area (Å²) in [7, 11) is 0. The maximum Gasteiger partial charge on any atom is 0.239 e. The third-order valence-electron chi connectivity index (χ3n) is 4.43. The number of amides is 1. The summed E-state index contributed by atoms with van der Waals surface area (Å²) in [4.78, 5) is 12.1. The summed E-state index contributed by atoms with van der Waals surface area (Å²) in [6, 6.07) is -0.183. The second-order valence-electron chi connectivity index (χ2n) is 5.83. The van der Waals surface area contributed by atoms with Gasteiger partial charge >= 0.3 is 0 Å². The van der Waals surface area contributed by atoms with Crippen molar-refractivity contribution in [2.24, 2.45) is 5.41 Å². The van der Waals surface area contributed by atoms with E-state index >= 15 is 0 Å². The minimum absolute atomic E-state index is 0.0257. The zero-order valence-electron chi connectivity index (χ0n) is 11.6. The van der Waals surface area contributed by atoms with Crippen LogP contribution in [0.15, 0.2) is 0 Å². The van der Waals surface area contributed by atoms with E-state index < -0.39 is 0 Å². The summed E-state index contributed by atoms with van der Waals surface area (Å²) in [5.41, 5.74) is 0.392. The van der Waals surface area contributed by atoms with Crippen molar-refractivity contribution in [3.05, 3.63) is 0 Å². The Balaban J connectivity index is 1.80. The lowest BCUT2D eigenvalue weighted by molar-refractivity contribution is -0.129. The summed E-state index contributed by atoms with van der Waals surface area (Å²) in [5.74, 6) is 0.101. The average molecular weight is 254 g/mol. The molecule has 104 valence electrons. The average Bonchev–Trinajstić information content (AvgIpc) is 2.32. The number of rotatable bonds is 5. The molecule has 1 saturated heterocycles. The predicted molar refractivity (Wildman–Crippen MR) is 71.4 cm³/mol. The van der Waals surface area contributed by atoms with Gasteiger partial charge in [-0.3, -0.25) is 4.79 Å². The molecule has 4 heteroatoms. The number of hydrogen-bond donors (Lipinski definition) is 2. The molecule has 4 nitrogen and oxygen atoms in total. The molecule has 0 aromatic heterocycles. The van der Waals surface area contributed by atoms with Crippen molar-refractivity contribution in [1.82, 2.24) is 10.6 Å². The minimum Gasteiger partial charge on any atom is -0.375 e. The van der Waals surface area contributed by atoms with Crippen LogP contribution in [-0.2, 0) is 9.53 Å². The first-order chi connectivity index (χ1) is 8.67. The summed E-state index contributed by atoms with van der Waals surface area (Å²) in [5, 5.41) is 6.36. The molecule has 2 fully saturated rings. The quantitative estimate of drug-likeness (QED) is 0.781. The molecule has 2 atom stereocenters. The molecule has 1 saturated carbocycles. The van der Waals surface area contributed by atoms with Crippen LogP contribution >= 0.6 is 0 Å². The molecule has 0 spiro atoms. The van der Waals surface area contributed by atoms with Gasteiger partial charge in [-0.05, 0) is 31.6 Å². The molecule has 0 aromatic rings. The Bertz CT molecular complexity index is 290. The van der Waals surface area contributed by atoms with Crippen LogP contribution in [0, 0.1) is 5.41 Å². The summed E-state index contributed by atoms with van der Waals surface area (Å²) in [6.45, 7) is 6.49. The highest BCUT2D eigenvalue weighted by Crippen LogP contribution is 2.44. The van der Waals surface area contributed by atoms with E-state index in [4.69, 9.17) is 4.74 Å². The largest absolute Gasteiger partial charge is 0.375 e. The van der Waals surface area contributed by atoms with Gasteiger partial charge in [0.05, 0.1) is 12.7 Å². The molecule has 2 rings (SSSR count). The Kier molecular flexibility index (Phi) is 4.62. The Morgan fingerprint density at radius 1 is 1.50 bits per heavy atom.